The summed E-state index contributed by atoms with van der Waals surface area (Å²) in [6.45, 7) is 2.81. The number of aryl methyl sites for hydroxylation is 3. The van der Waals surface area contributed by atoms with Crippen molar-refractivity contribution in [3.8, 4) is 11.3 Å². The highest BCUT2D eigenvalue weighted by Crippen LogP contribution is 2.22. The summed E-state index contributed by atoms with van der Waals surface area (Å²) >= 11 is 0. The fraction of sp³-hybridized carbons (Fsp3) is 0.333. The van der Waals surface area contributed by atoms with Crippen LogP contribution in [0.2, 0.25) is 0 Å². The summed E-state index contributed by atoms with van der Waals surface area (Å²) < 4.78 is 8.02. The molecule has 0 bridgehead atoms. The zero-order chi connectivity index (χ0) is 17.9. The number of hydrogen-bond donors (Lipinski definition) is 1. The van der Waals surface area contributed by atoms with E-state index < -0.39 is 0 Å². The van der Waals surface area contributed by atoms with Crippen molar-refractivity contribution in [2.24, 2.45) is 0 Å². The minimum absolute atomic E-state index is 0.0768. The molecule has 1 amide bonds. The van der Waals surface area contributed by atoms with Gasteiger partial charge in [-0.1, -0.05) is 30.3 Å². The predicted octanol–water partition coefficient (Wildman–Crippen LogP) is 3.52. The Labute approximate surface area is 153 Å². The summed E-state index contributed by atoms with van der Waals surface area (Å²) in [6, 6.07) is 14.1. The number of carbonyl (C=O) groups is 1. The van der Waals surface area contributed by atoms with Crippen molar-refractivity contribution in [1.29, 1.82) is 0 Å². The molecule has 0 aliphatic carbocycles. The third-order valence-corrected chi connectivity index (χ3v) is 4.80. The Balaban J connectivity index is 1.29. The average molecular weight is 349 g/mol. The van der Waals surface area contributed by atoms with Crippen molar-refractivity contribution >= 4 is 5.91 Å². The molecule has 0 saturated carbocycles. The average Bonchev–Trinajstić information content (AvgIpc) is 3.26. The van der Waals surface area contributed by atoms with Crippen LogP contribution in [-0.4, -0.2) is 21.5 Å². The highest BCUT2D eigenvalue weighted by atomic mass is 16.3. The second-order valence-corrected chi connectivity index (χ2v) is 6.89. The van der Waals surface area contributed by atoms with E-state index in [0.717, 1.165) is 48.0 Å². The maximum Gasteiger partial charge on any atom is 0.220 e. The molecule has 3 heterocycles. The van der Waals surface area contributed by atoms with Gasteiger partial charge in [0, 0.05) is 43.6 Å². The normalized spacial score (nSPS) is 16.3. The molecule has 0 unspecified atom stereocenters. The van der Waals surface area contributed by atoms with Crippen molar-refractivity contribution in [1.82, 2.24) is 14.9 Å². The minimum atomic E-state index is 0.0768. The summed E-state index contributed by atoms with van der Waals surface area (Å²) in [5.74, 6) is 2.89. The van der Waals surface area contributed by atoms with E-state index in [2.05, 4.69) is 21.1 Å². The predicted molar refractivity (Wildman–Crippen MR) is 99.7 cm³/mol. The van der Waals surface area contributed by atoms with Crippen LogP contribution in [0.5, 0.6) is 0 Å². The maximum atomic E-state index is 12.3. The monoisotopic (exact) mass is 349 g/mol. The number of aromatic nitrogens is 2. The largest absolute Gasteiger partial charge is 0.461 e. The van der Waals surface area contributed by atoms with E-state index in [1.54, 1.807) is 0 Å². The number of nitrogens with one attached hydrogen (secondary N) is 1. The van der Waals surface area contributed by atoms with Gasteiger partial charge in [-0.3, -0.25) is 4.79 Å². The number of fused-ring (bicyclic) bond motifs is 1. The molecule has 0 fully saturated rings. The third kappa shape index (κ3) is 3.72. The first-order chi connectivity index (χ1) is 12.7. The molecule has 1 atom stereocenters. The Kier molecular flexibility index (Phi) is 4.61. The molecule has 0 radical (unpaired) electrons. The van der Waals surface area contributed by atoms with Gasteiger partial charge < -0.3 is 14.3 Å². The molecule has 3 aromatic rings. The molecule has 26 heavy (non-hydrogen) atoms. The number of imidazole rings is 1. The van der Waals surface area contributed by atoms with Gasteiger partial charge in [-0.15, -0.1) is 0 Å². The highest BCUT2D eigenvalue weighted by molar-refractivity contribution is 5.76. The van der Waals surface area contributed by atoms with Gasteiger partial charge in [0.05, 0.1) is 5.69 Å². The van der Waals surface area contributed by atoms with Gasteiger partial charge in [0.25, 0.3) is 0 Å². The lowest BCUT2D eigenvalue weighted by molar-refractivity contribution is -0.122. The highest BCUT2D eigenvalue weighted by Gasteiger charge is 2.21. The fourth-order valence-corrected chi connectivity index (χ4v) is 3.51. The van der Waals surface area contributed by atoms with Crippen LogP contribution in [-0.2, 0) is 24.2 Å². The molecule has 1 N–H and O–H groups in total. The quantitative estimate of drug-likeness (QED) is 0.767. The standard InChI is InChI=1S/C21H23N3O2/c1-15-13-24-14-17(7-11-20(24)22-15)23-21(25)12-9-18-8-10-19(26-18)16-5-3-2-4-6-16/h2-6,8,10,13,17H,7,9,11-12,14H2,1H3,(H,23,25)/t17-/m1/s1. The van der Waals surface area contributed by atoms with Crippen LogP contribution in [0.3, 0.4) is 0 Å². The van der Waals surface area contributed by atoms with E-state index in [-0.39, 0.29) is 11.9 Å². The Morgan fingerprint density at radius 2 is 2.12 bits per heavy atom. The minimum Gasteiger partial charge on any atom is -0.461 e. The van der Waals surface area contributed by atoms with Crippen LogP contribution >= 0.6 is 0 Å². The van der Waals surface area contributed by atoms with Crippen molar-refractivity contribution in [3.63, 3.8) is 0 Å². The van der Waals surface area contributed by atoms with E-state index in [1.165, 1.54) is 0 Å². The van der Waals surface area contributed by atoms with E-state index in [0.29, 0.717) is 12.8 Å². The fourth-order valence-electron chi connectivity index (χ4n) is 3.51. The molecule has 5 heteroatoms. The van der Waals surface area contributed by atoms with E-state index in [4.69, 9.17) is 4.42 Å². The molecule has 1 aliphatic heterocycles. The van der Waals surface area contributed by atoms with Crippen LogP contribution in [0.25, 0.3) is 11.3 Å². The number of amides is 1. The number of benzene rings is 1. The van der Waals surface area contributed by atoms with Crippen LogP contribution in [0.1, 0.15) is 30.1 Å². The van der Waals surface area contributed by atoms with Crippen LogP contribution in [0, 0.1) is 6.92 Å². The number of hydrogen-bond acceptors (Lipinski definition) is 3. The lowest BCUT2D eigenvalue weighted by atomic mass is 10.1. The van der Waals surface area contributed by atoms with E-state index >= 15 is 0 Å². The summed E-state index contributed by atoms with van der Waals surface area (Å²) in [5.41, 5.74) is 2.09. The smallest absolute Gasteiger partial charge is 0.220 e. The SMILES string of the molecule is Cc1cn2c(n1)CC[C@@H](NC(=O)CCc1ccc(-c3ccccc3)o1)C2. The van der Waals surface area contributed by atoms with Gasteiger partial charge in [0.15, 0.2) is 0 Å². The van der Waals surface area contributed by atoms with E-state index in [9.17, 15) is 4.79 Å². The van der Waals surface area contributed by atoms with Gasteiger partial charge in [0.2, 0.25) is 5.91 Å². The first-order valence-electron chi connectivity index (χ1n) is 9.13. The Morgan fingerprint density at radius 1 is 1.27 bits per heavy atom. The Morgan fingerprint density at radius 3 is 2.96 bits per heavy atom. The van der Waals surface area contributed by atoms with Gasteiger partial charge in [-0.25, -0.2) is 4.98 Å². The van der Waals surface area contributed by atoms with Crippen molar-refractivity contribution < 1.29 is 9.21 Å². The first-order valence-corrected chi connectivity index (χ1v) is 9.13. The zero-order valence-electron chi connectivity index (χ0n) is 14.9. The molecule has 1 aromatic carbocycles. The zero-order valence-corrected chi connectivity index (χ0v) is 14.9. The van der Waals surface area contributed by atoms with E-state index in [1.807, 2.05) is 49.4 Å². The molecule has 1 aliphatic rings. The summed E-state index contributed by atoms with van der Waals surface area (Å²) in [5, 5.41) is 3.15. The first kappa shape index (κ1) is 16.6. The molecule has 0 saturated heterocycles. The summed E-state index contributed by atoms with van der Waals surface area (Å²) in [4.78, 5) is 16.8. The van der Waals surface area contributed by atoms with Gasteiger partial charge >= 0.3 is 0 Å². The van der Waals surface area contributed by atoms with Gasteiger partial charge in [-0.05, 0) is 25.5 Å². The number of furan rings is 1. The Bertz CT molecular complexity index is 895. The van der Waals surface area contributed by atoms with Crippen LogP contribution < -0.4 is 5.32 Å². The van der Waals surface area contributed by atoms with Crippen molar-refractivity contribution in [3.05, 3.63) is 65.9 Å². The van der Waals surface area contributed by atoms with Crippen LogP contribution in [0.15, 0.2) is 53.1 Å². The van der Waals surface area contributed by atoms with Gasteiger partial charge in [0.1, 0.15) is 17.3 Å². The topological polar surface area (TPSA) is 60.1 Å². The van der Waals surface area contributed by atoms with Crippen molar-refractivity contribution in [2.75, 3.05) is 0 Å². The molecule has 4 rings (SSSR count). The third-order valence-electron chi connectivity index (χ3n) is 4.80. The molecule has 0 spiro atoms. The molecular weight excluding hydrogens is 326 g/mol. The lowest BCUT2D eigenvalue weighted by Crippen LogP contribution is -2.40. The lowest BCUT2D eigenvalue weighted by Gasteiger charge is -2.24. The second-order valence-electron chi connectivity index (χ2n) is 6.89. The number of rotatable bonds is 5. The molecular formula is C21H23N3O2. The number of nitrogens with zero attached hydrogens (tertiary/aromatic N) is 2. The second kappa shape index (κ2) is 7.20. The van der Waals surface area contributed by atoms with Crippen LogP contribution in [0.4, 0.5) is 0 Å². The van der Waals surface area contributed by atoms with Gasteiger partial charge in [-0.2, -0.15) is 0 Å². The summed E-state index contributed by atoms with van der Waals surface area (Å²) in [7, 11) is 0. The molecule has 5 nitrogen and oxygen atoms in total. The van der Waals surface area contributed by atoms with Crippen molar-refractivity contribution in [2.45, 2.75) is 45.2 Å². The Hall–Kier alpha value is -2.82. The molecule has 2 aromatic heterocycles. The number of carbonyl (C=O) groups excluding carboxylic acids is 1. The maximum absolute atomic E-state index is 12.3. The molecule has 134 valence electrons. The summed E-state index contributed by atoms with van der Waals surface area (Å²) in [6.07, 6.45) is 4.97.